The maximum Gasteiger partial charge on any atom is 0.209 e. The summed E-state index contributed by atoms with van der Waals surface area (Å²) in [5.74, 6) is 0. The number of hydrogen-bond acceptors (Lipinski definition) is 4. The van der Waals surface area contributed by atoms with E-state index in [2.05, 4.69) is 4.72 Å². The Hall–Kier alpha value is -0.170. The maximum absolute atomic E-state index is 10.6. The first kappa shape index (κ1) is 10.8. The minimum absolute atomic E-state index is 0.434. The molecule has 0 aliphatic rings. The zero-order valence-electron chi connectivity index (χ0n) is 6.53. The molecule has 0 aliphatic carbocycles. The highest BCUT2D eigenvalue weighted by Crippen LogP contribution is 2.01. The van der Waals surface area contributed by atoms with Crippen LogP contribution in [0.15, 0.2) is 0 Å². The number of sulfonamides is 1. The van der Waals surface area contributed by atoms with Gasteiger partial charge in [0.1, 0.15) is 0 Å². The summed E-state index contributed by atoms with van der Waals surface area (Å²) in [4.78, 5) is 0. The molecular weight excluding hydrogens is 170 g/mol. The van der Waals surface area contributed by atoms with E-state index in [1.165, 1.54) is 6.92 Å². The fourth-order valence-electron chi connectivity index (χ4n) is 0.562. The van der Waals surface area contributed by atoms with E-state index in [-0.39, 0.29) is 0 Å². The van der Waals surface area contributed by atoms with Crippen molar-refractivity contribution in [1.29, 1.82) is 0 Å². The van der Waals surface area contributed by atoms with Crippen LogP contribution in [0, 0.1) is 0 Å². The third-order valence-electron chi connectivity index (χ3n) is 1.13. The summed E-state index contributed by atoms with van der Waals surface area (Å²) in [6, 6.07) is 0. The third kappa shape index (κ3) is 4.31. The molecule has 0 atom stereocenters. The molecule has 0 saturated heterocycles. The first-order valence-electron chi connectivity index (χ1n) is 3.04. The van der Waals surface area contributed by atoms with Crippen molar-refractivity contribution in [3.05, 3.63) is 0 Å². The van der Waals surface area contributed by atoms with Crippen molar-refractivity contribution in [2.75, 3.05) is 19.5 Å². The number of rotatable bonds is 4. The van der Waals surface area contributed by atoms with Gasteiger partial charge in [-0.05, 0) is 6.92 Å². The van der Waals surface area contributed by atoms with E-state index >= 15 is 0 Å². The van der Waals surface area contributed by atoms with Crippen LogP contribution in [-0.2, 0) is 10.0 Å². The Bertz CT molecular complexity index is 207. The lowest BCUT2D eigenvalue weighted by atomic mass is 10.1. The molecule has 0 aromatic heterocycles. The van der Waals surface area contributed by atoms with E-state index in [1.54, 1.807) is 0 Å². The molecule has 0 spiro atoms. The first-order valence-corrected chi connectivity index (χ1v) is 4.93. The molecular formula is C5H13NO4S. The van der Waals surface area contributed by atoms with Crippen LogP contribution in [0.3, 0.4) is 0 Å². The van der Waals surface area contributed by atoms with E-state index in [9.17, 15) is 8.42 Å². The van der Waals surface area contributed by atoms with Crippen molar-refractivity contribution < 1.29 is 18.6 Å². The Morgan fingerprint density at radius 1 is 1.36 bits per heavy atom. The molecule has 0 fully saturated rings. The molecule has 0 aromatic carbocycles. The second-order valence-electron chi connectivity index (χ2n) is 2.75. The van der Waals surface area contributed by atoms with Crippen LogP contribution in [0.5, 0.6) is 0 Å². The Morgan fingerprint density at radius 3 is 1.82 bits per heavy atom. The molecule has 0 saturated carbocycles. The average molecular weight is 183 g/mol. The standard InChI is InChI=1S/C5H13NO4S/c1-5(3-7,4-8)6-11(2,9)10/h6-8H,3-4H2,1-2H3. The lowest BCUT2D eigenvalue weighted by Gasteiger charge is -2.24. The van der Waals surface area contributed by atoms with Gasteiger partial charge in [-0.15, -0.1) is 0 Å². The first-order chi connectivity index (χ1) is 4.83. The highest BCUT2D eigenvalue weighted by Gasteiger charge is 2.25. The van der Waals surface area contributed by atoms with Gasteiger partial charge in [-0.1, -0.05) is 0 Å². The molecule has 0 radical (unpaired) electrons. The van der Waals surface area contributed by atoms with Crippen molar-refractivity contribution in [3.63, 3.8) is 0 Å². The summed E-state index contributed by atoms with van der Waals surface area (Å²) < 4.78 is 23.4. The van der Waals surface area contributed by atoms with Crippen LogP contribution in [-0.4, -0.2) is 43.6 Å². The van der Waals surface area contributed by atoms with E-state index in [4.69, 9.17) is 10.2 Å². The lowest BCUT2D eigenvalue weighted by molar-refractivity contribution is 0.122. The Kier molecular flexibility index (Phi) is 3.43. The van der Waals surface area contributed by atoms with Crippen LogP contribution < -0.4 is 4.72 Å². The van der Waals surface area contributed by atoms with E-state index in [1.807, 2.05) is 0 Å². The monoisotopic (exact) mass is 183 g/mol. The van der Waals surface area contributed by atoms with E-state index in [0.29, 0.717) is 0 Å². The van der Waals surface area contributed by atoms with Gasteiger partial charge in [-0.25, -0.2) is 13.1 Å². The second-order valence-corrected chi connectivity index (χ2v) is 4.50. The van der Waals surface area contributed by atoms with Gasteiger partial charge in [0.2, 0.25) is 10.0 Å². The molecule has 0 bridgehead atoms. The highest BCUT2D eigenvalue weighted by atomic mass is 32.2. The largest absolute Gasteiger partial charge is 0.394 e. The van der Waals surface area contributed by atoms with Gasteiger partial charge in [-0.3, -0.25) is 0 Å². The Morgan fingerprint density at radius 2 is 1.73 bits per heavy atom. The molecule has 6 heteroatoms. The molecule has 0 aromatic rings. The summed E-state index contributed by atoms with van der Waals surface area (Å²) in [6.45, 7) is 0.543. The predicted octanol–water partition coefficient (Wildman–Crippen LogP) is -1.72. The van der Waals surface area contributed by atoms with Gasteiger partial charge >= 0.3 is 0 Å². The molecule has 68 valence electrons. The molecule has 0 aliphatic heterocycles. The maximum atomic E-state index is 10.6. The quantitative estimate of drug-likeness (QED) is 0.484. The summed E-state index contributed by atoms with van der Waals surface area (Å²) >= 11 is 0. The van der Waals surface area contributed by atoms with Gasteiger partial charge in [-0.2, -0.15) is 0 Å². The molecule has 0 unspecified atom stereocenters. The van der Waals surface area contributed by atoms with Crippen LogP contribution in [0.2, 0.25) is 0 Å². The lowest BCUT2D eigenvalue weighted by Crippen LogP contribution is -2.51. The van der Waals surface area contributed by atoms with Crippen molar-refractivity contribution in [2.45, 2.75) is 12.5 Å². The second kappa shape index (κ2) is 3.48. The van der Waals surface area contributed by atoms with Crippen molar-refractivity contribution in [1.82, 2.24) is 4.72 Å². The summed E-state index contributed by atoms with van der Waals surface area (Å²) in [7, 11) is -3.38. The van der Waals surface area contributed by atoms with Gasteiger partial charge in [0, 0.05) is 0 Å². The normalized spacial score (nSPS) is 13.5. The predicted molar refractivity (Wildman–Crippen MR) is 40.6 cm³/mol. The third-order valence-corrected chi connectivity index (χ3v) is 1.99. The SMILES string of the molecule is CC(CO)(CO)NS(C)(=O)=O. The van der Waals surface area contributed by atoms with E-state index in [0.717, 1.165) is 6.26 Å². The fourth-order valence-corrected chi connectivity index (χ4v) is 1.59. The number of aliphatic hydroxyl groups excluding tert-OH is 2. The smallest absolute Gasteiger partial charge is 0.209 e. The molecule has 11 heavy (non-hydrogen) atoms. The van der Waals surface area contributed by atoms with Crippen molar-refractivity contribution in [2.24, 2.45) is 0 Å². The zero-order valence-corrected chi connectivity index (χ0v) is 7.35. The highest BCUT2D eigenvalue weighted by molar-refractivity contribution is 7.88. The van der Waals surface area contributed by atoms with Gasteiger partial charge in [0.15, 0.2) is 0 Å². The van der Waals surface area contributed by atoms with Crippen LogP contribution in [0.1, 0.15) is 6.92 Å². The number of hydrogen-bond donors (Lipinski definition) is 3. The molecule has 0 rings (SSSR count). The molecule has 3 N–H and O–H groups in total. The van der Waals surface area contributed by atoms with Crippen LogP contribution >= 0.6 is 0 Å². The Labute approximate surface area is 66.1 Å². The van der Waals surface area contributed by atoms with Crippen LogP contribution in [0.25, 0.3) is 0 Å². The van der Waals surface area contributed by atoms with E-state index < -0.39 is 28.8 Å². The minimum Gasteiger partial charge on any atom is -0.394 e. The summed E-state index contributed by atoms with van der Waals surface area (Å²) in [5.41, 5.74) is -1.16. The summed E-state index contributed by atoms with van der Waals surface area (Å²) in [6.07, 6.45) is 0.969. The molecule has 0 amide bonds. The van der Waals surface area contributed by atoms with Gasteiger partial charge in [0.25, 0.3) is 0 Å². The van der Waals surface area contributed by atoms with Crippen molar-refractivity contribution in [3.8, 4) is 0 Å². The number of nitrogens with one attached hydrogen (secondary N) is 1. The fraction of sp³-hybridized carbons (Fsp3) is 1.00. The zero-order chi connectivity index (χ0) is 9.12. The van der Waals surface area contributed by atoms with Crippen molar-refractivity contribution >= 4 is 10.0 Å². The Balaban J connectivity index is 4.32. The van der Waals surface area contributed by atoms with Crippen LogP contribution in [0.4, 0.5) is 0 Å². The molecule has 0 heterocycles. The molecule has 5 nitrogen and oxygen atoms in total. The topological polar surface area (TPSA) is 86.6 Å². The minimum atomic E-state index is -3.38. The number of aliphatic hydroxyl groups is 2. The average Bonchev–Trinajstić information content (AvgIpc) is 1.84. The van der Waals surface area contributed by atoms with Gasteiger partial charge < -0.3 is 10.2 Å². The summed E-state index contributed by atoms with van der Waals surface area (Å²) in [5, 5.41) is 17.3. The van der Waals surface area contributed by atoms with Gasteiger partial charge in [0.05, 0.1) is 25.0 Å².